The first-order valence-corrected chi connectivity index (χ1v) is 27.7. The number of anilines is 4. The molecule has 0 saturated heterocycles. The second-order valence-corrected chi connectivity index (χ2v) is 26.6. The summed E-state index contributed by atoms with van der Waals surface area (Å²) in [4.78, 5) is 9.11. The molecule has 0 fully saturated rings. The third-order valence-electron chi connectivity index (χ3n) is 15.5. The molecule has 3 aromatic heterocycles. The minimum atomic E-state index is -0.694. The largest absolute Gasteiger partial charge is 0.509 e. The normalized spacial score (nSPS) is 14.6. The third kappa shape index (κ3) is 10.2. The zero-order chi connectivity index (χ0) is 62.5. The van der Waals surface area contributed by atoms with Crippen molar-refractivity contribution in [3.8, 4) is 39.6 Å². The third-order valence-corrected chi connectivity index (χ3v) is 15.5. The van der Waals surface area contributed by atoms with Crippen LogP contribution in [-0.4, -0.2) is 9.55 Å². The maximum absolute atomic E-state index is 9.65. The summed E-state index contributed by atoms with van der Waals surface area (Å²) in [7, 11) is 0. The Morgan fingerprint density at radius 1 is 0.531 bits per heavy atom. The molecule has 414 valence electrons. The summed E-state index contributed by atoms with van der Waals surface area (Å²) in [6.45, 7) is 35.3. The summed E-state index contributed by atoms with van der Waals surface area (Å²) >= 11 is 0. The van der Waals surface area contributed by atoms with Crippen LogP contribution < -0.4 is 14.5 Å². The van der Waals surface area contributed by atoms with Gasteiger partial charge in [-0.15, -0.1) is 42.7 Å². The number of rotatable bonds is 7. The van der Waals surface area contributed by atoms with Gasteiger partial charge in [0.05, 0.1) is 9.60 Å². The Morgan fingerprint density at radius 2 is 1.07 bits per heavy atom. The second-order valence-electron chi connectivity index (χ2n) is 26.6. The molecule has 4 heterocycles. The van der Waals surface area contributed by atoms with E-state index in [1.54, 1.807) is 16.7 Å². The Bertz CT molecular complexity index is 4500. The van der Waals surface area contributed by atoms with E-state index in [1.807, 2.05) is 51.1 Å². The summed E-state index contributed by atoms with van der Waals surface area (Å²) in [5.74, 6) is 0.826. The number of para-hydroxylation sites is 4. The van der Waals surface area contributed by atoms with Gasteiger partial charge in [0.2, 0.25) is 0 Å². The van der Waals surface area contributed by atoms with Crippen molar-refractivity contribution in [1.82, 2.24) is 9.55 Å². The Hall–Kier alpha value is -7.40. The van der Waals surface area contributed by atoms with E-state index in [-0.39, 0.29) is 95.9 Å². The van der Waals surface area contributed by atoms with E-state index in [2.05, 4.69) is 196 Å². The fourth-order valence-electron chi connectivity index (χ4n) is 10.8. The number of hydrogen-bond donors (Lipinski definition) is 0. The fraction of sp³-hybridized carbons (Fsp3) is 0.270. The zero-order valence-electron chi connectivity index (χ0n) is 56.0. The summed E-state index contributed by atoms with van der Waals surface area (Å²) in [5, 5.41) is 1.90. The topological polar surface area (TPSA) is 46.7 Å². The molecule has 0 spiro atoms. The van der Waals surface area contributed by atoms with Crippen molar-refractivity contribution in [2.45, 2.75) is 131 Å². The molecule has 6 nitrogen and oxygen atoms in total. The molecule has 0 aliphatic carbocycles. The maximum Gasteiger partial charge on any atom is 0.135 e. The van der Waals surface area contributed by atoms with E-state index in [1.165, 1.54) is 22.3 Å². The molecule has 0 amide bonds. The molecule has 7 heteroatoms. The van der Waals surface area contributed by atoms with Crippen molar-refractivity contribution < 1.29 is 39.8 Å². The van der Waals surface area contributed by atoms with E-state index in [4.69, 9.17) is 17.4 Å². The van der Waals surface area contributed by atoms with Gasteiger partial charge in [0, 0.05) is 83.2 Å². The van der Waals surface area contributed by atoms with Gasteiger partial charge in [-0.1, -0.05) is 200 Å². The van der Waals surface area contributed by atoms with Crippen LogP contribution in [-0.2, 0) is 48.1 Å². The number of hydrogen-bond acceptors (Lipinski definition) is 5. The van der Waals surface area contributed by atoms with Gasteiger partial charge in [-0.3, -0.25) is 0 Å². The number of ether oxygens (including phenoxy) is 1. The van der Waals surface area contributed by atoms with Gasteiger partial charge < -0.3 is 23.5 Å². The van der Waals surface area contributed by atoms with Crippen molar-refractivity contribution in [3.05, 3.63) is 210 Å². The van der Waals surface area contributed by atoms with Gasteiger partial charge >= 0.3 is 0 Å². The molecule has 12 rings (SSSR count). The number of benzene rings is 8. The van der Waals surface area contributed by atoms with Crippen LogP contribution in [0.25, 0.3) is 71.8 Å². The van der Waals surface area contributed by atoms with Crippen LogP contribution in [0.1, 0.15) is 141 Å². The van der Waals surface area contributed by atoms with E-state index in [0.717, 1.165) is 45.0 Å². The van der Waals surface area contributed by atoms with Gasteiger partial charge in [-0.2, -0.15) is 12.1 Å². The number of pyridine rings is 1. The first kappa shape index (κ1) is 47.3. The molecule has 0 N–H and O–H groups in total. The van der Waals surface area contributed by atoms with Gasteiger partial charge in [0.15, 0.2) is 0 Å². The fourth-order valence-corrected chi connectivity index (χ4v) is 10.8. The minimum Gasteiger partial charge on any atom is -0.509 e. The van der Waals surface area contributed by atoms with E-state index in [0.29, 0.717) is 49.8 Å². The Labute approximate surface area is 503 Å². The van der Waals surface area contributed by atoms with Crippen LogP contribution in [0.15, 0.2) is 168 Å². The number of aromatic nitrogens is 2. The van der Waals surface area contributed by atoms with Crippen LogP contribution in [0.3, 0.4) is 0 Å². The molecular formula is C74H73N4O2Pt-3. The van der Waals surface area contributed by atoms with Crippen LogP contribution in [0.4, 0.5) is 22.7 Å². The van der Waals surface area contributed by atoms with E-state index < -0.39 is 11.5 Å². The molecule has 0 unspecified atom stereocenters. The zero-order valence-corrected chi connectivity index (χ0v) is 51.3. The first-order valence-electron chi connectivity index (χ1n) is 31.2. The van der Waals surface area contributed by atoms with Gasteiger partial charge in [0.25, 0.3) is 0 Å². The van der Waals surface area contributed by atoms with Gasteiger partial charge in [-0.05, 0) is 114 Å². The van der Waals surface area contributed by atoms with Crippen molar-refractivity contribution >= 4 is 66.5 Å². The number of furan rings is 1. The predicted molar refractivity (Wildman–Crippen MR) is 336 cm³/mol. The molecule has 81 heavy (non-hydrogen) atoms. The van der Waals surface area contributed by atoms with Crippen molar-refractivity contribution in [1.29, 1.82) is 0 Å². The Morgan fingerprint density at radius 3 is 1.67 bits per heavy atom. The summed E-state index contributed by atoms with van der Waals surface area (Å²) in [6.07, 6.45) is -0.291. The number of fused-ring (bicyclic) bond motifs is 8. The summed E-state index contributed by atoms with van der Waals surface area (Å²) < 4.78 is 77.2. The van der Waals surface area contributed by atoms with Crippen LogP contribution >= 0.6 is 0 Å². The molecular weight excluding hydrogens is 1170 g/mol. The smallest absolute Gasteiger partial charge is 0.135 e. The maximum atomic E-state index is 9.65. The van der Waals surface area contributed by atoms with Crippen molar-refractivity contribution in [2.24, 2.45) is 0 Å². The molecule has 1 aliphatic rings. The molecule has 8 aromatic carbocycles. The van der Waals surface area contributed by atoms with Gasteiger partial charge in [-0.25, -0.2) is 4.98 Å². The van der Waals surface area contributed by atoms with Crippen molar-refractivity contribution in [2.75, 3.05) is 9.80 Å². The molecule has 0 atom stereocenters. The Kier molecular flexibility index (Phi) is 11.6. The average molecular weight is 1250 g/mol. The average Bonchev–Trinajstić information content (AvgIpc) is 1.62. The molecule has 1 aliphatic heterocycles. The predicted octanol–water partition coefficient (Wildman–Crippen LogP) is 20.7. The summed E-state index contributed by atoms with van der Waals surface area (Å²) in [5.41, 5.74) is 13.8. The SMILES string of the molecule is [2H]c1nc(-n2c3[c-]c(Oc4[c-]c(N5[CH-]N(c6c(-c7cc(C(C)(C)C)cc(C(C)(C)C)c7)cccc6-c6cc(C(C)(C)C)cc(C(C)(C)C)c6)c6ccccc65)ccc4)ccc3c3c4oc5c([2H])c([2H])c([2H])c([2H])c5c4ccc32)c([2H])c(C(C)(C)C)c1[2H].[Pt]. The van der Waals surface area contributed by atoms with E-state index >= 15 is 0 Å². The molecule has 0 radical (unpaired) electrons. The molecule has 0 bridgehead atoms. The Balaban J connectivity index is 0.00000800. The molecule has 0 saturated carbocycles. The second kappa shape index (κ2) is 19.9. The van der Waals surface area contributed by atoms with E-state index in [9.17, 15) is 1.37 Å². The van der Waals surface area contributed by atoms with Crippen LogP contribution in [0.2, 0.25) is 0 Å². The standard InChI is InChI=1S/C74H73N4O2.Pt/c1-70(2,3)48-34-35-75-66(42-48)78-63-33-32-59-58-24-16-19-29-65(58)80-69(59)67(63)60-31-30-55(44-64(60)78)79-54-23-20-22-53(43-54)76-45-77(62-28-18-17-27-61(62)76)68-56(46-36-49(71(4,5)6)40-50(37-46)72(7,8)9)25-21-26-57(68)47-38-51(73(10,11)12)41-52(39-47)74(13,14)15;/h16-42,45H,1-15H3;/q-3;/i16D,19D,24D,29D,34D,35D,42D;. The molecule has 11 aromatic rings. The first-order chi connectivity index (χ1) is 40.7. The quantitative estimate of drug-likeness (QED) is 0.149. The number of nitrogens with zero attached hydrogens (tertiary/aromatic N) is 4. The summed E-state index contributed by atoms with van der Waals surface area (Å²) in [6, 6.07) is 48.2. The van der Waals surface area contributed by atoms with Gasteiger partial charge in [0.1, 0.15) is 17.0 Å². The monoisotopic (exact) mass is 1250 g/mol. The minimum absolute atomic E-state index is 0. The van der Waals surface area contributed by atoms with Crippen molar-refractivity contribution in [3.63, 3.8) is 0 Å². The van der Waals surface area contributed by atoms with Crippen LogP contribution in [0.5, 0.6) is 11.5 Å². The van der Waals surface area contributed by atoms with Crippen LogP contribution in [0, 0.1) is 18.8 Å².